The Morgan fingerprint density at radius 1 is 1.22 bits per heavy atom. The molecule has 0 bridgehead atoms. The van der Waals surface area contributed by atoms with Crippen LogP contribution in [0, 0.1) is 17.0 Å². The number of nitro benzene ring substituents is 1. The summed E-state index contributed by atoms with van der Waals surface area (Å²) >= 11 is 5.71. The molecule has 0 saturated heterocycles. The number of hydrogen-bond donors (Lipinski definition) is 1. The zero-order chi connectivity index (χ0) is 20.0. The van der Waals surface area contributed by atoms with Gasteiger partial charge in [0.25, 0.3) is 11.6 Å². The highest BCUT2D eigenvalue weighted by Gasteiger charge is 2.19. The lowest BCUT2D eigenvalue weighted by atomic mass is 10.0. The molecular weight excluding hydrogens is 372 g/mol. The van der Waals surface area contributed by atoms with E-state index in [0.29, 0.717) is 6.42 Å². The molecule has 0 heterocycles. The van der Waals surface area contributed by atoms with Crippen LogP contribution in [-0.2, 0) is 9.53 Å². The predicted octanol–water partition coefficient (Wildman–Crippen LogP) is 3.98. The summed E-state index contributed by atoms with van der Waals surface area (Å²) in [7, 11) is 0. The third-order valence-corrected chi connectivity index (χ3v) is 4.26. The maximum absolute atomic E-state index is 12.1. The molecule has 0 aliphatic rings. The van der Waals surface area contributed by atoms with E-state index >= 15 is 0 Å². The fraction of sp³-hybridized carbons (Fsp3) is 0.263. The molecule has 142 valence electrons. The van der Waals surface area contributed by atoms with Gasteiger partial charge >= 0.3 is 5.97 Å². The van der Waals surface area contributed by atoms with Crippen molar-refractivity contribution in [1.29, 1.82) is 0 Å². The summed E-state index contributed by atoms with van der Waals surface area (Å²) in [5.74, 6) is -1.30. The van der Waals surface area contributed by atoms with Crippen LogP contribution in [0.3, 0.4) is 0 Å². The van der Waals surface area contributed by atoms with E-state index in [4.69, 9.17) is 16.3 Å². The standard InChI is InChI=1S/C19H19ClN2O5/c1-3-16(13-6-4-12(2)5-7-13)21-18(23)11-27-19(24)14-8-9-15(20)17(10-14)22(25)26/h4-10,16H,3,11H2,1-2H3,(H,21,23)/t16-/m1/s1. The topological polar surface area (TPSA) is 98.5 Å². The Hall–Kier alpha value is -2.93. The average molecular weight is 391 g/mol. The molecule has 1 amide bonds. The van der Waals surface area contributed by atoms with Crippen LogP contribution in [0.15, 0.2) is 42.5 Å². The van der Waals surface area contributed by atoms with Gasteiger partial charge in [0.1, 0.15) is 5.02 Å². The fourth-order valence-electron chi connectivity index (χ4n) is 2.45. The second kappa shape index (κ2) is 9.14. The van der Waals surface area contributed by atoms with Crippen LogP contribution in [-0.4, -0.2) is 23.4 Å². The monoisotopic (exact) mass is 390 g/mol. The molecule has 2 aromatic carbocycles. The first kappa shape index (κ1) is 20.4. The summed E-state index contributed by atoms with van der Waals surface area (Å²) in [5, 5.41) is 13.6. The maximum Gasteiger partial charge on any atom is 0.338 e. The summed E-state index contributed by atoms with van der Waals surface area (Å²) in [5.41, 5.74) is 1.62. The van der Waals surface area contributed by atoms with Crippen LogP contribution < -0.4 is 5.32 Å². The number of ether oxygens (including phenoxy) is 1. The van der Waals surface area contributed by atoms with Crippen molar-refractivity contribution in [2.45, 2.75) is 26.3 Å². The van der Waals surface area contributed by atoms with Gasteiger partial charge in [0.15, 0.2) is 6.61 Å². The smallest absolute Gasteiger partial charge is 0.338 e. The lowest BCUT2D eigenvalue weighted by Gasteiger charge is -2.17. The van der Waals surface area contributed by atoms with E-state index in [1.165, 1.54) is 12.1 Å². The van der Waals surface area contributed by atoms with Gasteiger partial charge in [0, 0.05) is 6.07 Å². The molecule has 0 aromatic heterocycles. The van der Waals surface area contributed by atoms with Crippen molar-refractivity contribution in [2.75, 3.05) is 6.61 Å². The number of esters is 1. The molecule has 7 nitrogen and oxygen atoms in total. The zero-order valence-electron chi connectivity index (χ0n) is 14.9. The molecule has 0 aliphatic carbocycles. The Kier molecular flexibility index (Phi) is 6.90. The van der Waals surface area contributed by atoms with E-state index in [-0.39, 0.29) is 16.6 Å². The van der Waals surface area contributed by atoms with Gasteiger partial charge in [-0.3, -0.25) is 14.9 Å². The van der Waals surface area contributed by atoms with E-state index < -0.39 is 29.1 Å². The number of benzene rings is 2. The van der Waals surface area contributed by atoms with Crippen molar-refractivity contribution >= 4 is 29.2 Å². The van der Waals surface area contributed by atoms with Gasteiger partial charge in [-0.2, -0.15) is 0 Å². The maximum atomic E-state index is 12.1. The van der Waals surface area contributed by atoms with E-state index in [1.54, 1.807) is 0 Å². The number of nitrogens with zero attached hydrogens (tertiary/aromatic N) is 1. The molecule has 0 aliphatic heterocycles. The van der Waals surface area contributed by atoms with Crippen molar-refractivity contribution in [1.82, 2.24) is 5.32 Å². The van der Waals surface area contributed by atoms with E-state index in [9.17, 15) is 19.7 Å². The molecule has 0 radical (unpaired) electrons. The Bertz CT molecular complexity index is 852. The second-order valence-electron chi connectivity index (χ2n) is 5.94. The van der Waals surface area contributed by atoms with Crippen molar-refractivity contribution in [3.05, 3.63) is 74.3 Å². The highest BCUT2D eigenvalue weighted by Crippen LogP contribution is 2.25. The molecule has 0 unspecified atom stereocenters. The average Bonchev–Trinajstić information content (AvgIpc) is 2.65. The highest BCUT2D eigenvalue weighted by atomic mass is 35.5. The van der Waals surface area contributed by atoms with Gasteiger partial charge in [0.2, 0.25) is 0 Å². The quantitative estimate of drug-likeness (QED) is 0.438. The van der Waals surface area contributed by atoms with Gasteiger partial charge in [-0.15, -0.1) is 0 Å². The summed E-state index contributed by atoms with van der Waals surface area (Å²) in [6.45, 7) is 3.42. The minimum Gasteiger partial charge on any atom is -0.452 e. The van der Waals surface area contributed by atoms with Gasteiger partial charge in [-0.05, 0) is 31.0 Å². The number of rotatable bonds is 7. The minimum absolute atomic E-state index is 0.0514. The summed E-state index contributed by atoms with van der Waals surface area (Å²) in [6, 6.07) is 11.1. The van der Waals surface area contributed by atoms with Gasteiger partial charge < -0.3 is 10.1 Å². The lowest BCUT2D eigenvalue weighted by molar-refractivity contribution is -0.384. The Morgan fingerprint density at radius 2 is 1.89 bits per heavy atom. The first-order valence-corrected chi connectivity index (χ1v) is 8.66. The van der Waals surface area contributed by atoms with Crippen LogP contribution in [0.25, 0.3) is 0 Å². The van der Waals surface area contributed by atoms with Crippen molar-refractivity contribution < 1.29 is 19.2 Å². The first-order valence-electron chi connectivity index (χ1n) is 8.28. The number of nitrogens with one attached hydrogen (secondary N) is 1. The number of halogens is 1. The summed E-state index contributed by atoms with van der Waals surface area (Å²) in [4.78, 5) is 34.3. The van der Waals surface area contributed by atoms with Crippen molar-refractivity contribution in [2.24, 2.45) is 0 Å². The summed E-state index contributed by atoms with van der Waals surface area (Å²) in [6.07, 6.45) is 0.673. The number of hydrogen-bond acceptors (Lipinski definition) is 5. The molecule has 0 saturated carbocycles. The molecule has 0 fully saturated rings. The van der Waals surface area contributed by atoms with Gasteiger partial charge in [-0.25, -0.2) is 4.79 Å². The first-order chi connectivity index (χ1) is 12.8. The number of aryl methyl sites for hydroxylation is 1. The number of nitro groups is 1. The Morgan fingerprint density at radius 3 is 2.48 bits per heavy atom. The number of carbonyl (C=O) groups excluding carboxylic acids is 2. The normalized spacial score (nSPS) is 11.5. The molecule has 2 aromatic rings. The number of carbonyl (C=O) groups is 2. The molecular formula is C19H19ClN2O5. The minimum atomic E-state index is -0.840. The fourth-order valence-corrected chi connectivity index (χ4v) is 2.64. The molecule has 0 spiro atoms. The van der Waals surface area contributed by atoms with Crippen LogP contribution in [0.5, 0.6) is 0 Å². The van der Waals surface area contributed by atoms with Crippen molar-refractivity contribution in [3.8, 4) is 0 Å². The molecule has 1 atom stereocenters. The van der Waals surface area contributed by atoms with E-state index in [1.807, 2.05) is 38.1 Å². The van der Waals surface area contributed by atoms with E-state index in [2.05, 4.69) is 5.32 Å². The largest absolute Gasteiger partial charge is 0.452 e. The van der Waals surface area contributed by atoms with E-state index in [0.717, 1.165) is 17.2 Å². The zero-order valence-corrected chi connectivity index (χ0v) is 15.7. The van der Waals surface area contributed by atoms with Crippen LogP contribution in [0.2, 0.25) is 5.02 Å². The third kappa shape index (κ3) is 5.52. The van der Waals surface area contributed by atoms with Crippen molar-refractivity contribution in [3.63, 3.8) is 0 Å². The highest BCUT2D eigenvalue weighted by molar-refractivity contribution is 6.32. The SMILES string of the molecule is CC[C@@H](NC(=O)COC(=O)c1ccc(Cl)c([N+](=O)[O-])c1)c1ccc(C)cc1. The Labute approximate surface area is 161 Å². The lowest BCUT2D eigenvalue weighted by Crippen LogP contribution is -2.32. The van der Waals surface area contributed by atoms with Crippen LogP contribution in [0.4, 0.5) is 5.69 Å². The summed E-state index contributed by atoms with van der Waals surface area (Å²) < 4.78 is 4.95. The third-order valence-electron chi connectivity index (χ3n) is 3.94. The molecule has 2 rings (SSSR count). The van der Waals surface area contributed by atoms with Gasteiger partial charge in [-0.1, -0.05) is 48.4 Å². The second-order valence-corrected chi connectivity index (χ2v) is 6.35. The van der Waals surface area contributed by atoms with Crippen LogP contribution in [0.1, 0.15) is 40.9 Å². The van der Waals surface area contributed by atoms with Crippen LogP contribution >= 0.6 is 11.6 Å². The molecule has 27 heavy (non-hydrogen) atoms. The molecule has 1 N–H and O–H groups in total. The Balaban J connectivity index is 1.96. The number of amides is 1. The molecule has 8 heteroatoms. The van der Waals surface area contributed by atoms with Gasteiger partial charge in [0.05, 0.1) is 16.5 Å². The predicted molar refractivity (Wildman–Crippen MR) is 101 cm³/mol.